The monoisotopic (exact) mass is 344 g/mol. The van der Waals surface area contributed by atoms with Crippen LogP contribution in [0.5, 0.6) is 5.75 Å². The molecule has 0 bridgehead atoms. The fourth-order valence-corrected chi connectivity index (χ4v) is 3.12. The van der Waals surface area contributed by atoms with Gasteiger partial charge in [-0.1, -0.05) is 6.42 Å². The summed E-state index contributed by atoms with van der Waals surface area (Å²) in [6, 6.07) is 7.54. The maximum Gasteiger partial charge on any atom is 0.220 e. The SMILES string of the molecule is COc1ccc(-c2cnc(CCC(=O)NCC3CCCC3O)o2)cc1. The van der Waals surface area contributed by atoms with E-state index < -0.39 is 0 Å². The van der Waals surface area contributed by atoms with Crippen LogP contribution in [0.1, 0.15) is 31.6 Å². The van der Waals surface area contributed by atoms with E-state index in [4.69, 9.17) is 9.15 Å². The number of carbonyl (C=O) groups excluding carboxylic acids is 1. The van der Waals surface area contributed by atoms with E-state index in [1.54, 1.807) is 13.3 Å². The number of nitrogens with zero attached hydrogens (tertiary/aromatic N) is 1. The Morgan fingerprint density at radius 2 is 2.16 bits per heavy atom. The van der Waals surface area contributed by atoms with Gasteiger partial charge in [0.1, 0.15) is 5.75 Å². The topological polar surface area (TPSA) is 84.6 Å². The fourth-order valence-electron chi connectivity index (χ4n) is 3.12. The normalized spacial score (nSPS) is 19.8. The molecule has 1 amide bonds. The summed E-state index contributed by atoms with van der Waals surface area (Å²) in [5.74, 6) is 2.15. The van der Waals surface area contributed by atoms with Gasteiger partial charge in [0, 0.05) is 30.9 Å². The largest absolute Gasteiger partial charge is 0.497 e. The zero-order chi connectivity index (χ0) is 17.6. The molecular weight excluding hydrogens is 320 g/mol. The number of aryl methyl sites for hydroxylation is 1. The Morgan fingerprint density at radius 3 is 2.84 bits per heavy atom. The first kappa shape index (κ1) is 17.5. The van der Waals surface area contributed by atoms with Gasteiger partial charge in [-0.3, -0.25) is 4.79 Å². The number of methoxy groups -OCH3 is 1. The number of oxazole rings is 1. The van der Waals surface area contributed by atoms with Gasteiger partial charge >= 0.3 is 0 Å². The van der Waals surface area contributed by atoms with Gasteiger partial charge in [0.15, 0.2) is 11.7 Å². The molecule has 1 heterocycles. The van der Waals surface area contributed by atoms with Crippen LogP contribution in [0.3, 0.4) is 0 Å². The van der Waals surface area contributed by atoms with Crippen molar-refractivity contribution in [1.29, 1.82) is 0 Å². The summed E-state index contributed by atoms with van der Waals surface area (Å²) >= 11 is 0. The van der Waals surface area contributed by atoms with Crippen LogP contribution in [-0.4, -0.2) is 35.8 Å². The van der Waals surface area contributed by atoms with E-state index >= 15 is 0 Å². The lowest BCUT2D eigenvalue weighted by Gasteiger charge is -2.14. The van der Waals surface area contributed by atoms with Crippen molar-refractivity contribution in [3.05, 3.63) is 36.4 Å². The number of rotatable bonds is 7. The van der Waals surface area contributed by atoms with E-state index in [-0.39, 0.29) is 17.9 Å². The second kappa shape index (κ2) is 8.16. The van der Waals surface area contributed by atoms with E-state index in [1.165, 1.54) is 0 Å². The van der Waals surface area contributed by atoms with Gasteiger partial charge in [-0.25, -0.2) is 4.98 Å². The maximum atomic E-state index is 12.0. The van der Waals surface area contributed by atoms with E-state index in [2.05, 4.69) is 10.3 Å². The highest BCUT2D eigenvalue weighted by Crippen LogP contribution is 2.25. The Kier molecular flexibility index (Phi) is 5.71. The second-order valence-electron chi connectivity index (χ2n) is 6.41. The standard InChI is InChI=1S/C19H24N2O4/c1-24-15-7-5-13(6-8-15)17-12-21-19(25-17)10-9-18(23)20-11-14-3-2-4-16(14)22/h5-8,12,14,16,22H,2-4,9-11H2,1H3,(H,20,23). The van der Waals surface area contributed by atoms with Crippen LogP contribution in [0.25, 0.3) is 11.3 Å². The van der Waals surface area contributed by atoms with Gasteiger partial charge in [-0.05, 0) is 37.1 Å². The molecule has 2 unspecified atom stereocenters. The first-order chi connectivity index (χ1) is 12.2. The molecule has 2 N–H and O–H groups in total. The molecule has 25 heavy (non-hydrogen) atoms. The molecule has 6 heteroatoms. The molecule has 2 atom stereocenters. The molecule has 6 nitrogen and oxygen atoms in total. The van der Waals surface area contributed by atoms with Gasteiger partial charge in [-0.2, -0.15) is 0 Å². The Bertz CT molecular complexity index is 696. The number of hydrogen-bond acceptors (Lipinski definition) is 5. The number of benzene rings is 1. The van der Waals surface area contributed by atoms with E-state index in [0.717, 1.165) is 30.6 Å². The fraction of sp³-hybridized carbons (Fsp3) is 0.474. The smallest absolute Gasteiger partial charge is 0.220 e. The molecular formula is C19H24N2O4. The third-order valence-corrected chi connectivity index (χ3v) is 4.67. The van der Waals surface area contributed by atoms with Crippen LogP contribution in [-0.2, 0) is 11.2 Å². The highest BCUT2D eigenvalue weighted by molar-refractivity contribution is 5.76. The lowest BCUT2D eigenvalue weighted by molar-refractivity contribution is -0.121. The summed E-state index contributed by atoms with van der Waals surface area (Å²) in [6.07, 6.45) is 5.02. The van der Waals surface area contributed by atoms with Crippen molar-refractivity contribution in [3.63, 3.8) is 0 Å². The molecule has 0 saturated heterocycles. The van der Waals surface area contributed by atoms with E-state index in [0.29, 0.717) is 31.0 Å². The molecule has 0 aliphatic heterocycles. The quantitative estimate of drug-likeness (QED) is 0.806. The molecule has 134 valence electrons. The predicted octanol–water partition coefficient (Wildman–Crippen LogP) is 2.56. The molecule has 1 aromatic carbocycles. The van der Waals surface area contributed by atoms with E-state index in [9.17, 15) is 9.90 Å². The number of ether oxygens (including phenoxy) is 1. The van der Waals surface area contributed by atoms with Crippen molar-refractivity contribution in [3.8, 4) is 17.1 Å². The lowest BCUT2D eigenvalue weighted by atomic mass is 10.1. The molecule has 1 fully saturated rings. The summed E-state index contributed by atoms with van der Waals surface area (Å²) in [5.41, 5.74) is 0.916. The summed E-state index contributed by atoms with van der Waals surface area (Å²) in [4.78, 5) is 16.2. The summed E-state index contributed by atoms with van der Waals surface area (Å²) in [5, 5.41) is 12.7. The van der Waals surface area contributed by atoms with Crippen LogP contribution in [0, 0.1) is 5.92 Å². The average molecular weight is 344 g/mol. The Morgan fingerprint density at radius 1 is 1.36 bits per heavy atom. The number of amides is 1. The molecule has 1 aromatic heterocycles. The first-order valence-corrected chi connectivity index (χ1v) is 8.69. The van der Waals surface area contributed by atoms with Gasteiger partial charge in [0.25, 0.3) is 0 Å². The number of hydrogen-bond donors (Lipinski definition) is 2. The zero-order valence-electron chi connectivity index (χ0n) is 14.4. The number of nitrogens with one attached hydrogen (secondary N) is 1. The number of aromatic nitrogens is 1. The summed E-state index contributed by atoms with van der Waals surface area (Å²) < 4.78 is 10.9. The average Bonchev–Trinajstić information content (AvgIpc) is 3.27. The molecule has 3 rings (SSSR count). The lowest BCUT2D eigenvalue weighted by Crippen LogP contribution is -2.32. The third-order valence-electron chi connectivity index (χ3n) is 4.67. The molecule has 1 aliphatic carbocycles. The maximum absolute atomic E-state index is 12.0. The van der Waals surface area contributed by atoms with Gasteiger partial charge < -0.3 is 19.6 Å². The van der Waals surface area contributed by atoms with Crippen LogP contribution in [0.4, 0.5) is 0 Å². The third kappa shape index (κ3) is 4.60. The van der Waals surface area contributed by atoms with Crippen LogP contribution >= 0.6 is 0 Å². The van der Waals surface area contributed by atoms with Crippen molar-refractivity contribution in [2.24, 2.45) is 5.92 Å². The minimum absolute atomic E-state index is 0.0386. The first-order valence-electron chi connectivity index (χ1n) is 8.69. The number of carbonyl (C=O) groups is 1. The van der Waals surface area contributed by atoms with Crippen molar-refractivity contribution >= 4 is 5.91 Å². The molecule has 0 spiro atoms. The molecule has 1 saturated carbocycles. The number of aliphatic hydroxyl groups excluding tert-OH is 1. The zero-order valence-corrected chi connectivity index (χ0v) is 14.4. The van der Waals surface area contributed by atoms with Crippen molar-refractivity contribution in [2.75, 3.05) is 13.7 Å². The minimum atomic E-state index is -0.279. The summed E-state index contributed by atoms with van der Waals surface area (Å²) in [7, 11) is 1.63. The van der Waals surface area contributed by atoms with Gasteiger partial charge in [-0.15, -0.1) is 0 Å². The Labute approximate surface area is 147 Å². The Hall–Kier alpha value is -2.34. The van der Waals surface area contributed by atoms with Crippen molar-refractivity contribution in [1.82, 2.24) is 10.3 Å². The number of aliphatic hydroxyl groups is 1. The minimum Gasteiger partial charge on any atom is -0.497 e. The van der Waals surface area contributed by atoms with Crippen LogP contribution < -0.4 is 10.1 Å². The van der Waals surface area contributed by atoms with Crippen LogP contribution in [0.15, 0.2) is 34.9 Å². The van der Waals surface area contributed by atoms with Gasteiger partial charge in [0.05, 0.1) is 19.4 Å². The van der Waals surface area contributed by atoms with Gasteiger partial charge in [0.2, 0.25) is 5.91 Å². The van der Waals surface area contributed by atoms with Crippen LogP contribution in [0.2, 0.25) is 0 Å². The second-order valence-corrected chi connectivity index (χ2v) is 6.41. The predicted molar refractivity (Wildman–Crippen MR) is 93.2 cm³/mol. The highest BCUT2D eigenvalue weighted by atomic mass is 16.5. The molecule has 2 aromatic rings. The highest BCUT2D eigenvalue weighted by Gasteiger charge is 2.25. The molecule has 0 radical (unpaired) electrons. The van der Waals surface area contributed by atoms with Crippen molar-refractivity contribution in [2.45, 2.75) is 38.2 Å². The molecule has 1 aliphatic rings. The van der Waals surface area contributed by atoms with Crippen molar-refractivity contribution < 1.29 is 19.1 Å². The van der Waals surface area contributed by atoms with E-state index in [1.807, 2.05) is 24.3 Å². The Balaban J connectivity index is 1.47. The summed E-state index contributed by atoms with van der Waals surface area (Å²) in [6.45, 7) is 0.544.